The Morgan fingerprint density at radius 1 is 1.20 bits per heavy atom. The van der Waals surface area contributed by atoms with Gasteiger partial charge in [-0.2, -0.15) is 0 Å². The van der Waals surface area contributed by atoms with Crippen LogP contribution in [0.3, 0.4) is 0 Å². The first kappa shape index (κ1) is 20.3. The molecule has 1 aromatic rings. The summed E-state index contributed by atoms with van der Waals surface area (Å²) in [5, 5.41) is 36.7. The van der Waals surface area contributed by atoms with Gasteiger partial charge in [0, 0.05) is 18.7 Å². The minimum absolute atomic E-state index is 0.0574. The van der Waals surface area contributed by atoms with Crippen LogP contribution in [0.5, 0.6) is 0 Å². The van der Waals surface area contributed by atoms with Gasteiger partial charge >= 0.3 is 5.97 Å². The molecule has 0 aliphatic carbocycles. The number of hydrogen-bond acceptors (Lipinski definition) is 7. The van der Waals surface area contributed by atoms with Crippen molar-refractivity contribution in [2.75, 3.05) is 11.9 Å². The summed E-state index contributed by atoms with van der Waals surface area (Å²) in [6.07, 6.45) is 1.67. The van der Waals surface area contributed by atoms with E-state index in [1.807, 2.05) is 13.8 Å². The molecule has 0 fully saturated rings. The van der Waals surface area contributed by atoms with Crippen LogP contribution >= 0.6 is 0 Å². The quantitative estimate of drug-likeness (QED) is 0.312. The third-order valence-corrected chi connectivity index (χ3v) is 3.46. The summed E-state index contributed by atoms with van der Waals surface area (Å²) >= 11 is 0. The number of unbranched alkanes of at least 4 members (excludes halogenated alkanes) is 1. The Hall–Kier alpha value is -2.75. The van der Waals surface area contributed by atoms with E-state index in [1.54, 1.807) is 0 Å². The molecule has 10 nitrogen and oxygen atoms in total. The molecule has 0 radical (unpaired) electrons. The molecule has 25 heavy (non-hydrogen) atoms. The Kier molecular flexibility index (Phi) is 7.73. The molecule has 1 aromatic carbocycles. The number of nitrogens with zero attached hydrogens (tertiary/aromatic N) is 2. The van der Waals surface area contributed by atoms with Crippen LogP contribution in [0.25, 0.3) is 0 Å². The number of nitrogens with one attached hydrogen (secondary N) is 2. The van der Waals surface area contributed by atoms with Gasteiger partial charge in [-0.25, -0.2) is 0 Å². The lowest BCUT2D eigenvalue weighted by Crippen LogP contribution is -2.40. The summed E-state index contributed by atoms with van der Waals surface area (Å²) in [6, 6.07) is 2.84. The zero-order valence-electron chi connectivity index (χ0n) is 14.1. The van der Waals surface area contributed by atoms with E-state index in [2.05, 4.69) is 10.6 Å². The molecule has 0 saturated carbocycles. The molecule has 0 heterocycles. The Labute approximate surface area is 144 Å². The van der Waals surface area contributed by atoms with E-state index in [0.29, 0.717) is 25.8 Å². The lowest BCUT2D eigenvalue weighted by atomic mass is 10.1. The van der Waals surface area contributed by atoms with Crippen molar-refractivity contribution in [1.29, 1.82) is 0 Å². The molecule has 1 atom stereocenters. The molecule has 10 heteroatoms. The molecule has 3 N–H and O–H groups in total. The zero-order chi connectivity index (χ0) is 19.0. The van der Waals surface area contributed by atoms with Crippen molar-refractivity contribution >= 4 is 23.0 Å². The lowest BCUT2D eigenvalue weighted by molar-refractivity contribution is -0.393. The number of anilines is 1. The van der Waals surface area contributed by atoms with Crippen LogP contribution in [0.2, 0.25) is 0 Å². The second kappa shape index (κ2) is 9.52. The summed E-state index contributed by atoms with van der Waals surface area (Å²) in [7, 11) is 0. The predicted octanol–water partition coefficient (Wildman–Crippen LogP) is 2.54. The molecule has 0 bridgehead atoms. The molecular weight excluding hydrogens is 332 g/mol. The van der Waals surface area contributed by atoms with Crippen LogP contribution in [-0.2, 0) is 4.79 Å². The third-order valence-electron chi connectivity index (χ3n) is 3.46. The number of aliphatic carboxylic acids is 1. The average Bonchev–Trinajstić information content (AvgIpc) is 2.52. The van der Waals surface area contributed by atoms with Crippen molar-refractivity contribution in [2.24, 2.45) is 0 Å². The van der Waals surface area contributed by atoms with Gasteiger partial charge in [-0.1, -0.05) is 13.8 Å². The highest BCUT2D eigenvalue weighted by molar-refractivity contribution is 5.73. The first-order chi connectivity index (χ1) is 11.7. The summed E-state index contributed by atoms with van der Waals surface area (Å²) in [5.74, 6) is -0.910. The smallest absolute Gasteiger partial charge is 0.320 e. The van der Waals surface area contributed by atoms with Gasteiger partial charge in [0.2, 0.25) is 0 Å². The Morgan fingerprint density at radius 2 is 1.88 bits per heavy atom. The highest BCUT2D eigenvalue weighted by Crippen LogP contribution is 2.28. The summed E-state index contributed by atoms with van der Waals surface area (Å²) in [5.41, 5.74) is -0.508. The average molecular weight is 354 g/mol. The first-order valence-electron chi connectivity index (χ1n) is 7.88. The van der Waals surface area contributed by atoms with E-state index >= 15 is 0 Å². The molecular formula is C15H22N4O6. The van der Waals surface area contributed by atoms with E-state index in [1.165, 1.54) is 12.1 Å². The van der Waals surface area contributed by atoms with E-state index in [0.717, 1.165) is 6.07 Å². The molecule has 0 amide bonds. The lowest BCUT2D eigenvalue weighted by Gasteiger charge is -2.17. The van der Waals surface area contributed by atoms with Gasteiger partial charge in [0.05, 0.1) is 15.9 Å². The monoisotopic (exact) mass is 354 g/mol. The standard InChI is InChI=1S/C15H22N4O6/c1-10(2)17-13(15(20)21)5-3-4-8-16-12-7-6-11(18(22)23)9-14(12)19(24)25/h6-7,9-10,13,16-17H,3-5,8H2,1-2H3,(H,20,21). The SMILES string of the molecule is CC(C)NC(CCCCNc1ccc([N+](=O)[O-])cc1[N+](=O)[O-])C(=O)O. The van der Waals surface area contributed by atoms with Gasteiger partial charge in [0.25, 0.3) is 11.4 Å². The fourth-order valence-electron chi connectivity index (χ4n) is 2.31. The van der Waals surface area contributed by atoms with Crippen LogP contribution in [0.4, 0.5) is 17.1 Å². The first-order valence-corrected chi connectivity index (χ1v) is 7.88. The van der Waals surface area contributed by atoms with Crippen molar-refractivity contribution in [3.63, 3.8) is 0 Å². The second-order valence-corrected chi connectivity index (χ2v) is 5.85. The van der Waals surface area contributed by atoms with Gasteiger partial charge in [-0.05, 0) is 25.3 Å². The van der Waals surface area contributed by atoms with Crippen molar-refractivity contribution in [3.05, 3.63) is 38.4 Å². The Bertz CT molecular complexity index is 634. The van der Waals surface area contributed by atoms with E-state index < -0.39 is 21.9 Å². The largest absolute Gasteiger partial charge is 0.480 e. The topological polar surface area (TPSA) is 148 Å². The van der Waals surface area contributed by atoms with Gasteiger partial charge < -0.3 is 15.7 Å². The molecule has 0 aliphatic heterocycles. The normalized spacial score (nSPS) is 12.0. The number of benzene rings is 1. The Balaban J connectivity index is 2.54. The minimum Gasteiger partial charge on any atom is -0.480 e. The summed E-state index contributed by atoms with van der Waals surface area (Å²) in [4.78, 5) is 31.5. The van der Waals surface area contributed by atoms with Crippen molar-refractivity contribution in [1.82, 2.24) is 5.32 Å². The molecule has 1 rings (SSSR count). The van der Waals surface area contributed by atoms with Crippen LogP contribution in [0.1, 0.15) is 33.1 Å². The molecule has 0 aliphatic rings. The number of rotatable bonds is 11. The number of carboxylic acid groups (broad SMARTS) is 1. The van der Waals surface area contributed by atoms with E-state index in [9.17, 15) is 25.0 Å². The molecule has 0 saturated heterocycles. The number of non-ortho nitro benzene ring substituents is 1. The highest BCUT2D eigenvalue weighted by atomic mass is 16.6. The number of nitro groups is 2. The van der Waals surface area contributed by atoms with Gasteiger partial charge in [-0.3, -0.25) is 25.0 Å². The maximum atomic E-state index is 11.1. The van der Waals surface area contributed by atoms with Crippen molar-refractivity contribution in [2.45, 2.75) is 45.2 Å². The fraction of sp³-hybridized carbons (Fsp3) is 0.533. The minimum atomic E-state index is -0.910. The maximum absolute atomic E-state index is 11.1. The van der Waals surface area contributed by atoms with Crippen molar-refractivity contribution in [3.8, 4) is 0 Å². The van der Waals surface area contributed by atoms with E-state index in [-0.39, 0.29) is 23.1 Å². The molecule has 0 aromatic heterocycles. The van der Waals surface area contributed by atoms with Crippen molar-refractivity contribution < 1.29 is 19.7 Å². The van der Waals surface area contributed by atoms with E-state index in [4.69, 9.17) is 5.11 Å². The molecule has 0 spiro atoms. The van der Waals surface area contributed by atoms with Gasteiger partial charge in [-0.15, -0.1) is 0 Å². The maximum Gasteiger partial charge on any atom is 0.320 e. The molecule has 1 unspecified atom stereocenters. The predicted molar refractivity (Wildman–Crippen MR) is 91.8 cm³/mol. The number of nitro benzene ring substituents is 2. The van der Waals surface area contributed by atoms with Gasteiger partial charge in [0.1, 0.15) is 11.7 Å². The number of carboxylic acids is 1. The summed E-state index contributed by atoms with van der Waals surface area (Å²) < 4.78 is 0. The van der Waals surface area contributed by atoms with Crippen LogP contribution in [-0.4, -0.2) is 39.6 Å². The van der Waals surface area contributed by atoms with Crippen LogP contribution in [0.15, 0.2) is 18.2 Å². The van der Waals surface area contributed by atoms with Crippen LogP contribution < -0.4 is 10.6 Å². The Morgan fingerprint density at radius 3 is 2.40 bits per heavy atom. The third kappa shape index (κ3) is 6.71. The second-order valence-electron chi connectivity index (χ2n) is 5.85. The number of hydrogen-bond donors (Lipinski definition) is 3. The fourth-order valence-corrected chi connectivity index (χ4v) is 2.31. The molecule has 138 valence electrons. The van der Waals surface area contributed by atoms with Gasteiger partial charge in [0.15, 0.2) is 0 Å². The highest BCUT2D eigenvalue weighted by Gasteiger charge is 2.20. The number of carbonyl (C=O) groups is 1. The zero-order valence-corrected chi connectivity index (χ0v) is 14.1. The van der Waals surface area contributed by atoms with Crippen LogP contribution in [0, 0.1) is 20.2 Å². The summed E-state index contributed by atoms with van der Waals surface area (Å²) in [6.45, 7) is 4.13.